The van der Waals surface area contributed by atoms with Crippen molar-refractivity contribution in [1.82, 2.24) is 9.55 Å². The fraction of sp³-hybridized carbons (Fsp3) is 0.375. The Labute approximate surface area is 197 Å². The molecule has 0 aliphatic carbocycles. The van der Waals surface area contributed by atoms with E-state index in [1.807, 2.05) is 58.0 Å². The zero-order chi connectivity index (χ0) is 23.3. The van der Waals surface area contributed by atoms with Crippen LogP contribution < -0.4 is 10.9 Å². The molecular weight excluding hydrogens is 446 g/mol. The molecule has 0 atom stereocenters. The van der Waals surface area contributed by atoms with E-state index < -0.39 is 0 Å². The van der Waals surface area contributed by atoms with E-state index in [0.29, 0.717) is 46.3 Å². The van der Waals surface area contributed by atoms with Crippen LogP contribution in [0.5, 0.6) is 0 Å². The summed E-state index contributed by atoms with van der Waals surface area (Å²) in [5.41, 5.74) is 3.05. The van der Waals surface area contributed by atoms with E-state index in [-0.39, 0.29) is 23.3 Å². The fourth-order valence-electron chi connectivity index (χ4n) is 3.38. The van der Waals surface area contributed by atoms with Crippen LogP contribution in [-0.4, -0.2) is 33.9 Å². The summed E-state index contributed by atoms with van der Waals surface area (Å²) in [6.07, 6.45) is 0.812. The van der Waals surface area contributed by atoms with E-state index in [9.17, 15) is 9.59 Å². The van der Waals surface area contributed by atoms with Crippen molar-refractivity contribution in [2.75, 3.05) is 17.7 Å². The van der Waals surface area contributed by atoms with Crippen molar-refractivity contribution in [3.8, 4) is 0 Å². The van der Waals surface area contributed by atoms with Gasteiger partial charge in [-0.15, -0.1) is 0 Å². The van der Waals surface area contributed by atoms with Crippen molar-refractivity contribution in [2.45, 2.75) is 51.9 Å². The van der Waals surface area contributed by atoms with Crippen LogP contribution in [0.15, 0.2) is 46.3 Å². The van der Waals surface area contributed by atoms with E-state index >= 15 is 0 Å². The number of fused-ring (bicyclic) bond motifs is 1. The first-order valence-corrected chi connectivity index (χ1v) is 11.9. The van der Waals surface area contributed by atoms with Crippen LogP contribution in [0, 0.1) is 13.8 Å². The SMILES string of the molecule is Cc1cc(C)c(NC(=O)CSc2nc3ccccc3c(=O)n2CCCOC(C)C)c(Cl)c1. The number of para-hydroxylation sites is 1. The summed E-state index contributed by atoms with van der Waals surface area (Å²) in [5, 5.41) is 4.47. The second-order valence-corrected chi connectivity index (χ2v) is 9.27. The smallest absolute Gasteiger partial charge is 0.262 e. The van der Waals surface area contributed by atoms with Gasteiger partial charge < -0.3 is 10.1 Å². The summed E-state index contributed by atoms with van der Waals surface area (Å²) in [6, 6.07) is 11.0. The number of nitrogens with one attached hydrogen (secondary N) is 1. The van der Waals surface area contributed by atoms with Crippen LogP contribution in [0.2, 0.25) is 5.02 Å². The minimum Gasteiger partial charge on any atom is -0.379 e. The summed E-state index contributed by atoms with van der Waals surface area (Å²) in [6.45, 7) is 8.83. The van der Waals surface area contributed by atoms with Gasteiger partial charge in [0.2, 0.25) is 5.91 Å². The molecule has 170 valence electrons. The fourth-order valence-corrected chi connectivity index (χ4v) is 4.57. The lowest BCUT2D eigenvalue weighted by Gasteiger charge is -2.14. The van der Waals surface area contributed by atoms with Gasteiger partial charge in [0.25, 0.3) is 5.56 Å². The second kappa shape index (κ2) is 11.0. The summed E-state index contributed by atoms with van der Waals surface area (Å²) in [5.74, 6) is -0.0994. The Balaban J connectivity index is 1.78. The summed E-state index contributed by atoms with van der Waals surface area (Å²) in [4.78, 5) is 30.4. The van der Waals surface area contributed by atoms with Crippen LogP contribution in [0.1, 0.15) is 31.4 Å². The summed E-state index contributed by atoms with van der Waals surface area (Å²) < 4.78 is 7.24. The number of aryl methyl sites for hydroxylation is 2. The van der Waals surface area contributed by atoms with Gasteiger partial charge in [-0.2, -0.15) is 0 Å². The number of aromatic nitrogens is 2. The highest BCUT2D eigenvalue weighted by molar-refractivity contribution is 7.99. The third-order valence-corrected chi connectivity index (χ3v) is 6.11. The first-order valence-electron chi connectivity index (χ1n) is 10.6. The zero-order valence-electron chi connectivity index (χ0n) is 18.8. The number of carbonyl (C=O) groups excluding carboxylic acids is 1. The largest absolute Gasteiger partial charge is 0.379 e. The van der Waals surface area contributed by atoms with Gasteiger partial charge in [0.05, 0.1) is 33.5 Å². The van der Waals surface area contributed by atoms with E-state index in [4.69, 9.17) is 16.3 Å². The average Bonchev–Trinajstić information content (AvgIpc) is 2.73. The highest BCUT2D eigenvalue weighted by Crippen LogP contribution is 2.28. The molecule has 0 saturated carbocycles. The molecule has 1 heterocycles. The first-order chi connectivity index (χ1) is 15.3. The molecule has 6 nitrogen and oxygen atoms in total. The predicted octanol–water partition coefficient (Wildman–Crippen LogP) is 5.21. The predicted molar refractivity (Wildman–Crippen MR) is 132 cm³/mol. The van der Waals surface area contributed by atoms with Crippen LogP contribution in [-0.2, 0) is 16.1 Å². The number of anilines is 1. The molecule has 1 aromatic heterocycles. The second-order valence-electron chi connectivity index (χ2n) is 7.92. The van der Waals surface area contributed by atoms with Crippen molar-refractivity contribution in [3.05, 3.63) is 62.9 Å². The molecule has 3 rings (SSSR count). The Morgan fingerprint density at radius 1 is 1.25 bits per heavy atom. The average molecular weight is 474 g/mol. The van der Waals surface area contributed by atoms with Gasteiger partial charge in [0.1, 0.15) is 0 Å². The van der Waals surface area contributed by atoms with Crippen molar-refractivity contribution in [2.24, 2.45) is 0 Å². The standard InChI is InChI=1S/C24H28ClN3O3S/c1-15(2)31-11-7-10-28-23(30)18-8-5-6-9-20(18)26-24(28)32-14-21(29)27-22-17(4)12-16(3)13-19(22)25/h5-6,8-9,12-13,15H,7,10-11,14H2,1-4H3,(H,27,29). The molecule has 0 unspecified atom stereocenters. The van der Waals surface area contributed by atoms with Crippen molar-refractivity contribution in [3.63, 3.8) is 0 Å². The van der Waals surface area contributed by atoms with Crippen molar-refractivity contribution < 1.29 is 9.53 Å². The molecule has 8 heteroatoms. The normalized spacial score (nSPS) is 11.3. The van der Waals surface area contributed by atoms with Crippen LogP contribution in [0.4, 0.5) is 5.69 Å². The maximum Gasteiger partial charge on any atom is 0.262 e. The third kappa shape index (κ3) is 6.12. The number of ether oxygens (including phenoxy) is 1. The van der Waals surface area contributed by atoms with Gasteiger partial charge in [0.15, 0.2) is 5.16 Å². The van der Waals surface area contributed by atoms with E-state index in [0.717, 1.165) is 11.1 Å². The Morgan fingerprint density at radius 3 is 2.72 bits per heavy atom. The van der Waals surface area contributed by atoms with E-state index in [1.54, 1.807) is 10.6 Å². The number of thioether (sulfide) groups is 1. The van der Waals surface area contributed by atoms with Gasteiger partial charge in [-0.1, -0.05) is 41.6 Å². The summed E-state index contributed by atoms with van der Waals surface area (Å²) >= 11 is 7.55. The highest BCUT2D eigenvalue weighted by Gasteiger charge is 2.15. The lowest BCUT2D eigenvalue weighted by Crippen LogP contribution is -2.25. The molecular formula is C24H28ClN3O3S. The number of hydrogen-bond donors (Lipinski definition) is 1. The molecule has 0 radical (unpaired) electrons. The van der Waals surface area contributed by atoms with Crippen LogP contribution in [0.3, 0.4) is 0 Å². The maximum atomic E-state index is 13.1. The van der Waals surface area contributed by atoms with Crippen LogP contribution in [0.25, 0.3) is 10.9 Å². The molecule has 0 aliphatic rings. The minimum absolute atomic E-state index is 0.108. The van der Waals surface area contributed by atoms with Gasteiger partial charge in [-0.25, -0.2) is 4.98 Å². The molecule has 0 bridgehead atoms. The Kier molecular flexibility index (Phi) is 8.34. The van der Waals surface area contributed by atoms with Gasteiger partial charge in [-0.05, 0) is 63.4 Å². The zero-order valence-corrected chi connectivity index (χ0v) is 20.3. The number of halogens is 1. The van der Waals surface area contributed by atoms with Gasteiger partial charge in [-0.3, -0.25) is 14.2 Å². The van der Waals surface area contributed by atoms with Gasteiger partial charge in [0, 0.05) is 13.2 Å². The molecule has 32 heavy (non-hydrogen) atoms. The topological polar surface area (TPSA) is 73.2 Å². The molecule has 0 spiro atoms. The quantitative estimate of drug-likeness (QED) is 0.262. The number of nitrogens with zero attached hydrogens (tertiary/aromatic N) is 2. The van der Waals surface area contributed by atoms with E-state index in [1.165, 1.54) is 11.8 Å². The Bertz CT molecular complexity index is 1150. The number of carbonyl (C=O) groups is 1. The molecule has 3 aromatic rings. The lowest BCUT2D eigenvalue weighted by molar-refractivity contribution is -0.113. The minimum atomic E-state index is -0.207. The number of benzene rings is 2. The summed E-state index contributed by atoms with van der Waals surface area (Å²) in [7, 11) is 0. The molecule has 0 aliphatic heterocycles. The number of rotatable bonds is 9. The van der Waals surface area contributed by atoms with Crippen molar-refractivity contribution >= 4 is 45.9 Å². The number of amides is 1. The van der Waals surface area contributed by atoms with E-state index in [2.05, 4.69) is 10.3 Å². The molecule has 1 N–H and O–H groups in total. The first kappa shape index (κ1) is 24.3. The Hall–Kier alpha value is -2.35. The van der Waals surface area contributed by atoms with Crippen molar-refractivity contribution in [1.29, 1.82) is 0 Å². The highest BCUT2D eigenvalue weighted by atomic mass is 35.5. The van der Waals surface area contributed by atoms with Gasteiger partial charge >= 0.3 is 0 Å². The maximum absolute atomic E-state index is 13.1. The molecule has 1 amide bonds. The molecule has 2 aromatic carbocycles. The lowest BCUT2D eigenvalue weighted by atomic mass is 10.1. The third-order valence-electron chi connectivity index (χ3n) is 4.83. The molecule has 0 saturated heterocycles. The monoisotopic (exact) mass is 473 g/mol. The Morgan fingerprint density at radius 2 is 2.00 bits per heavy atom. The van der Waals surface area contributed by atoms with Crippen LogP contribution >= 0.6 is 23.4 Å². The molecule has 0 fully saturated rings. The number of hydrogen-bond acceptors (Lipinski definition) is 5.